The maximum atomic E-state index is 5.66. The van der Waals surface area contributed by atoms with Gasteiger partial charge in [-0.2, -0.15) is 0 Å². The summed E-state index contributed by atoms with van der Waals surface area (Å²) in [6, 6.07) is 6.92. The molecule has 1 aromatic carbocycles. The highest BCUT2D eigenvalue weighted by molar-refractivity contribution is 5.44. The summed E-state index contributed by atoms with van der Waals surface area (Å²) in [6.07, 6.45) is 4.91. The van der Waals surface area contributed by atoms with Gasteiger partial charge in [-0.05, 0) is 44.0 Å². The molecule has 0 saturated carbocycles. The third-order valence-electron chi connectivity index (χ3n) is 4.52. The van der Waals surface area contributed by atoms with Gasteiger partial charge in [0.2, 0.25) is 0 Å². The van der Waals surface area contributed by atoms with Crippen molar-refractivity contribution in [3.8, 4) is 11.5 Å². The maximum absolute atomic E-state index is 5.66. The molecule has 1 aromatic rings. The highest BCUT2D eigenvalue weighted by atomic mass is 16.5. The molecule has 0 aromatic heterocycles. The molecule has 0 bridgehead atoms. The van der Waals surface area contributed by atoms with E-state index in [-0.39, 0.29) is 0 Å². The lowest BCUT2D eigenvalue weighted by atomic mass is 9.98. The van der Waals surface area contributed by atoms with Gasteiger partial charge in [0, 0.05) is 25.7 Å². The van der Waals surface area contributed by atoms with Crippen LogP contribution in [-0.4, -0.2) is 44.8 Å². The molecule has 1 N–H and O–H groups in total. The minimum atomic E-state index is 0.472. The molecule has 0 aliphatic carbocycles. The van der Waals surface area contributed by atoms with Crippen LogP contribution in [0.2, 0.25) is 0 Å². The first kappa shape index (κ1) is 18.1. The van der Waals surface area contributed by atoms with Crippen LogP contribution in [-0.2, 0) is 0 Å². The summed E-state index contributed by atoms with van der Waals surface area (Å²) in [6.45, 7) is 9.41. The van der Waals surface area contributed by atoms with Crippen molar-refractivity contribution in [3.63, 3.8) is 0 Å². The van der Waals surface area contributed by atoms with E-state index in [0.29, 0.717) is 12.6 Å². The zero-order valence-corrected chi connectivity index (χ0v) is 14.9. The first-order valence-electron chi connectivity index (χ1n) is 9.05. The minimum Gasteiger partial charge on any atom is -0.493 e. The Morgan fingerprint density at radius 1 is 1.17 bits per heavy atom. The Kier molecular flexibility index (Phi) is 7.69. The SMILES string of the molecule is CCCCC(c1ccc(OCC)c(OC)c1)N1CCCNCC1. The van der Waals surface area contributed by atoms with Crippen LogP contribution in [0.25, 0.3) is 0 Å². The van der Waals surface area contributed by atoms with Gasteiger partial charge in [-0.3, -0.25) is 4.90 Å². The van der Waals surface area contributed by atoms with Crippen LogP contribution in [0.3, 0.4) is 0 Å². The number of ether oxygens (including phenoxy) is 2. The van der Waals surface area contributed by atoms with Crippen molar-refractivity contribution in [2.24, 2.45) is 0 Å². The lowest BCUT2D eigenvalue weighted by Crippen LogP contribution is -2.32. The molecule has 4 heteroatoms. The molecule has 0 amide bonds. The van der Waals surface area contributed by atoms with E-state index in [0.717, 1.165) is 37.7 Å². The van der Waals surface area contributed by atoms with Crippen molar-refractivity contribution in [2.45, 2.75) is 45.6 Å². The number of methoxy groups -OCH3 is 1. The summed E-state index contributed by atoms with van der Waals surface area (Å²) >= 11 is 0. The van der Waals surface area contributed by atoms with Gasteiger partial charge in [0.25, 0.3) is 0 Å². The van der Waals surface area contributed by atoms with E-state index in [2.05, 4.69) is 35.3 Å². The Morgan fingerprint density at radius 2 is 2.04 bits per heavy atom. The molecule has 1 heterocycles. The molecule has 1 aliphatic rings. The number of hydrogen-bond donors (Lipinski definition) is 1. The van der Waals surface area contributed by atoms with Crippen molar-refractivity contribution in [1.82, 2.24) is 10.2 Å². The second-order valence-corrected chi connectivity index (χ2v) is 6.14. The van der Waals surface area contributed by atoms with Gasteiger partial charge in [0.05, 0.1) is 13.7 Å². The van der Waals surface area contributed by atoms with Crippen molar-refractivity contribution in [2.75, 3.05) is 39.9 Å². The number of hydrogen-bond acceptors (Lipinski definition) is 4. The summed E-state index contributed by atoms with van der Waals surface area (Å²) < 4.78 is 11.2. The van der Waals surface area contributed by atoms with Crippen molar-refractivity contribution in [1.29, 1.82) is 0 Å². The van der Waals surface area contributed by atoms with Gasteiger partial charge < -0.3 is 14.8 Å². The van der Waals surface area contributed by atoms with E-state index >= 15 is 0 Å². The fourth-order valence-electron chi connectivity index (χ4n) is 3.30. The molecule has 23 heavy (non-hydrogen) atoms. The van der Waals surface area contributed by atoms with Crippen LogP contribution < -0.4 is 14.8 Å². The number of nitrogens with zero attached hydrogens (tertiary/aromatic N) is 1. The molecule has 130 valence electrons. The third kappa shape index (κ3) is 5.11. The van der Waals surface area contributed by atoms with Gasteiger partial charge in [0.1, 0.15) is 0 Å². The summed E-state index contributed by atoms with van der Waals surface area (Å²) in [5.74, 6) is 1.68. The second-order valence-electron chi connectivity index (χ2n) is 6.14. The third-order valence-corrected chi connectivity index (χ3v) is 4.52. The molecular formula is C19H32N2O2. The van der Waals surface area contributed by atoms with E-state index in [9.17, 15) is 0 Å². The molecule has 1 unspecified atom stereocenters. The Labute approximate surface area is 141 Å². The molecule has 1 aliphatic heterocycles. The van der Waals surface area contributed by atoms with Crippen LogP contribution >= 0.6 is 0 Å². The van der Waals surface area contributed by atoms with E-state index in [1.54, 1.807) is 7.11 Å². The Hall–Kier alpha value is -1.26. The van der Waals surface area contributed by atoms with Crippen LogP contribution in [0, 0.1) is 0 Å². The van der Waals surface area contributed by atoms with Crippen molar-refractivity contribution in [3.05, 3.63) is 23.8 Å². The molecule has 4 nitrogen and oxygen atoms in total. The molecule has 1 atom stereocenters. The lowest BCUT2D eigenvalue weighted by Gasteiger charge is -2.31. The lowest BCUT2D eigenvalue weighted by molar-refractivity contribution is 0.196. The smallest absolute Gasteiger partial charge is 0.161 e. The molecule has 0 radical (unpaired) electrons. The quantitative estimate of drug-likeness (QED) is 0.793. The first-order chi connectivity index (χ1) is 11.3. The van der Waals surface area contributed by atoms with Crippen LogP contribution in [0.15, 0.2) is 18.2 Å². The number of rotatable bonds is 8. The van der Waals surface area contributed by atoms with Gasteiger partial charge in [-0.15, -0.1) is 0 Å². The topological polar surface area (TPSA) is 33.7 Å². The zero-order chi connectivity index (χ0) is 16.5. The van der Waals surface area contributed by atoms with Crippen molar-refractivity contribution >= 4 is 0 Å². The van der Waals surface area contributed by atoms with E-state index in [4.69, 9.17) is 9.47 Å². The van der Waals surface area contributed by atoms with Gasteiger partial charge in [0.15, 0.2) is 11.5 Å². The summed E-state index contributed by atoms with van der Waals surface area (Å²) in [5.41, 5.74) is 1.35. The van der Waals surface area contributed by atoms with E-state index in [1.165, 1.54) is 31.2 Å². The van der Waals surface area contributed by atoms with E-state index < -0.39 is 0 Å². The molecule has 1 fully saturated rings. The Morgan fingerprint density at radius 3 is 2.78 bits per heavy atom. The fraction of sp³-hybridized carbons (Fsp3) is 0.684. The second kappa shape index (κ2) is 9.78. The highest BCUT2D eigenvalue weighted by Crippen LogP contribution is 2.34. The van der Waals surface area contributed by atoms with Gasteiger partial charge in [-0.1, -0.05) is 25.8 Å². The number of unbranched alkanes of at least 4 members (excludes halogenated alkanes) is 1. The van der Waals surface area contributed by atoms with Crippen LogP contribution in [0.5, 0.6) is 11.5 Å². The van der Waals surface area contributed by atoms with Gasteiger partial charge in [-0.25, -0.2) is 0 Å². The van der Waals surface area contributed by atoms with E-state index in [1.807, 2.05) is 6.92 Å². The highest BCUT2D eigenvalue weighted by Gasteiger charge is 2.22. The first-order valence-corrected chi connectivity index (χ1v) is 9.05. The molecule has 2 rings (SSSR count). The van der Waals surface area contributed by atoms with Gasteiger partial charge >= 0.3 is 0 Å². The summed E-state index contributed by atoms with van der Waals surface area (Å²) in [7, 11) is 1.72. The maximum Gasteiger partial charge on any atom is 0.161 e. The molecule has 1 saturated heterocycles. The minimum absolute atomic E-state index is 0.472. The number of benzene rings is 1. The standard InChI is InChI=1S/C19H32N2O2/c1-4-6-8-17(21-13-7-11-20-12-14-21)16-9-10-18(23-5-2)19(15-16)22-3/h9-10,15,17,20H,4-8,11-14H2,1-3H3. The zero-order valence-electron chi connectivity index (χ0n) is 14.9. The predicted molar refractivity (Wildman–Crippen MR) is 95.5 cm³/mol. The number of nitrogens with one attached hydrogen (secondary N) is 1. The largest absolute Gasteiger partial charge is 0.493 e. The van der Waals surface area contributed by atoms with Crippen molar-refractivity contribution < 1.29 is 9.47 Å². The van der Waals surface area contributed by atoms with Crippen LogP contribution in [0.1, 0.15) is 51.1 Å². The van der Waals surface area contributed by atoms with Crippen LogP contribution in [0.4, 0.5) is 0 Å². The monoisotopic (exact) mass is 320 g/mol. The average molecular weight is 320 g/mol. The Bertz CT molecular complexity index is 457. The summed E-state index contributed by atoms with van der Waals surface area (Å²) in [5, 5.41) is 3.50. The Balaban J connectivity index is 2.22. The summed E-state index contributed by atoms with van der Waals surface area (Å²) in [4.78, 5) is 2.63. The fourth-order valence-corrected chi connectivity index (χ4v) is 3.30. The molecule has 0 spiro atoms. The normalized spacial score (nSPS) is 17.5. The predicted octanol–water partition coefficient (Wildman–Crippen LogP) is 3.62. The molecular weight excluding hydrogens is 288 g/mol. The average Bonchev–Trinajstić information content (AvgIpc) is 2.86.